The van der Waals surface area contributed by atoms with E-state index in [1.165, 1.54) is 0 Å². The Morgan fingerprint density at radius 1 is 0.969 bits per heavy atom. The normalized spacial score (nSPS) is 15.5. The minimum atomic E-state index is 0.451. The van der Waals surface area contributed by atoms with Crippen molar-refractivity contribution in [3.05, 3.63) is 87.4 Å². The molecule has 6 nitrogen and oxygen atoms in total. The van der Waals surface area contributed by atoms with Crippen LogP contribution in [0.15, 0.2) is 47.7 Å². The summed E-state index contributed by atoms with van der Waals surface area (Å²) in [6.07, 6.45) is 5.68. The smallest absolute Gasteiger partial charge is 0.358 e. The van der Waals surface area contributed by atoms with Gasteiger partial charge in [0, 0.05) is 24.3 Å². The molecule has 0 atom stereocenters. The molecule has 1 aliphatic heterocycles. The van der Waals surface area contributed by atoms with Crippen LogP contribution in [0.3, 0.4) is 0 Å². The molecular formula is C24H24BFN6+. The highest BCUT2D eigenvalue weighted by Crippen LogP contribution is 2.34. The van der Waals surface area contributed by atoms with Crippen LogP contribution in [0.5, 0.6) is 0 Å². The average molecular weight is 426 g/mol. The fourth-order valence-electron chi connectivity index (χ4n) is 3.93. The highest BCUT2D eigenvalue weighted by Gasteiger charge is 2.33. The molecular weight excluding hydrogens is 402 g/mol. The maximum atomic E-state index is 13.9. The van der Waals surface area contributed by atoms with Gasteiger partial charge in [-0.2, -0.15) is 0 Å². The van der Waals surface area contributed by atoms with Crippen molar-refractivity contribution >= 4 is 31.1 Å². The van der Waals surface area contributed by atoms with Crippen LogP contribution in [0.25, 0.3) is 17.7 Å². The maximum absolute atomic E-state index is 13.9. The quantitative estimate of drug-likeness (QED) is 0.615. The third-order valence-electron chi connectivity index (χ3n) is 5.37. The molecule has 0 spiro atoms. The lowest BCUT2D eigenvalue weighted by molar-refractivity contribution is -0.320. The van der Waals surface area contributed by atoms with E-state index in [1.807, 2.05) is 57.2 Å². The first kappa shape index (κ1) is 21.6. The number of benzene rings is 1. The summed E-state index contributed by atoms with van der Waals surface area (Å²) in [6.45, 7) is 9.75. The molecule has 2 aromatic heterocycles. The maximum Gasteiger partial charge on any atom is 0.792 e. The second-order valence-corrected chi connectivity index (χ2v) is 7.93. The fourth-order valence-corrected chi connectivity index (χ4v) is 3.93. The minimum Gasteiger partial charge on any atom is -0.358 e. The molecule has 0 fully saturated rings. The Labute approximate surface area is 187 Å². The Hall–Kier alpha value is -3.68. The molecule has 0 unspecified atom stereocenters. The molecule has 0 saturated carbocycles. The molecule has 0 saturated heterocycles. The standard InChI is InChI=1S/C24H24BFN6/c1-14-12-16(3)27-23(14)22(24-15(2)13-17(4)32(24)25-26)20-9-6-19(7-10-20)8-11-21-30-28-18(5)29-31-21/h6-13,27H,1-5H3/q+1. The average Bonchev–Trinajstić information content (AvgIpc) is 3.25. The van der Waals surface area contributed by atoms with Gasteiger partial charge in [-0.15, -0.1) is 20.4 Å². The van der Waals surface area contributed by atoms with Crippen molar-refractivity contribution in [2.24, 2.45) is 0 Å². The summed E-state index contributed by atoms with van der Waals surface area (Å²) in [4.78, 5) is 3.46. The van der Waals surface area contributed by atoms with Crippen LogP contribution in [-0.4, -0.2) is 43.3 Å². The largest absolute Gasteiger partial charge is 0.792 e. The lowest BCUT2D eigenvalue weighted by Crippen LogP contribution is -2.17. The number of aromatic nitrogens is 5. The van der Waals surface area contributed by atoms with Crippen molar-refractivity contribution in [2.75, 3.05) is 0 Å². The topological polar surface area (TPSA) is 70.4 Å². The molecule has 1 aromatic carbocycles. The Morgan fingerprint density at radius 2 is 1.66 bits per heavy atom. The number of hydrogen-bond donors (Lipinski definition) is 1. The summed E-state index contributed by atoms with van der Waals surface area (Å²) in [7, 11) is 0.629. The number of hydrogen-bond acceptors (Lipinski definition) is 4. The van der Waals surface area contributed by atoms with Crippen molar-refractivity contribution in [3.8, 4) is 0 Å². The van der Waals surface area contributed by atoms with E-state index in [1.54, 1.807) is 17.5 Å². The predicted molar refractivity (Wildman–Crippen MR) is 126 cm³/mol. The molecule has 1 aliphatic rings. The summed E-state index contributed by atoms with van der Waals surface area (Å²) < 4.78 is 15.5. The van der Waals surface area contributed by atoms with Gasteiger partial charge in [0.05, 0.1) is 11.3 Å². The van der Waals surface area contributed by atoms with Crippen LogP contribution >= 0.6 is 0 Å². The number of nitrogens with one attached hydrogen (secondary N) is 1. The van der Waals surface area contributed by atoms with Gasteiger partial charge in [0.1, 0.15) is 0 Å². The van der Waals surface area contributed by atoms with Gasteiger partial charge >= 0.3 is 7.69 Å². The van der Waals surface area contributed by atoms with Gasteiger partial charge in [0.15, 0.2) is 23.1 Å². The second kappa shape index (κ2) is 8.82. The number of aryl methyl sites for hydroxylation is 3. The van der Waals surface area contributed by atoms with Gasteiger partial charge in [-0.1, -0.05) is 30.3 Å². The van der Waals surface area contributed by atoms with E-state index in [-0.39, 0.29) is 0 Å². The van der Waals surface area contributed by atoms with Crippen molar-refractivity contribution in [1.29, 1.82) is 0 Å². The fraction of sp³-hybridized carbons (Fsp3) is 0.208. The van der Waals surface area contributed by atoms with Crippen LogP contribution in [0.2, 0.25) is 0 Å². The van der Waals surface area contributed by atoms with Crippen LogP contribution in [-0.2, 0) is 0 Å². The molecule has 32 heavy (non-hydrogen) atoms. The Bertz CT molecular complexity index is 1280. The zero-order valence-corrected chi connectivity index (χ0v) is 18.8. The van der Waals surface area contributed by atoms with Gasteiger partial charge in [-0.3, -0.25) is 0 Å². The van der Waals surface area contributed by atoms with Gasteiger partial charge in [0.25, 0.3) is 0 Å². The number of allylic oxidation sites excluding steroid dienone is 2. The van der Waals surface area contributed by atoms with Crippen LogP contribution in [0.1, 0.15) is 53.6 Å². The Kier molecular flexibility index (Phi) is 5.94. The zero-order chi connectivity index (χ0) is 22.8. The van der Waals surface area contributed by atoms with Gasteiger partial charge in [-0.25, -0.2) is 8.80 Å². The molecule has 0 amide bonds. The number of H-pyrrole nitrogens is 1. The lowest BCUT2D eigenvalue weighted by Gasteiger charge is -2.12. The summed E-state index contributed by atoms with van der Waals surface area (Å²) >= 11 is 0. The molecule has 1 radical (unpaired) electrons. The number of aromatic amines is 1. The minimum absolute atomic E-state index is 0.451. The van der Waals surface area contributed by atoms with E-state index in [9.17, 15) is 4.32 Å². The van der Waals surface area contributed by atoms with Gasteiger partial charge in [0.2, 0.25) is 0 Å². The van der Waals surface area contributed by atoms with Crippen molar-refractivity contribution in [3.63, 3.8) is 0 Å². The second-order valence-electron chi connectivity index (χ2n) is 7.93. The zero-order valence-electron chi connectivity index (χ0n) is 18.8. The number of halogens is 1. The van der Waals surface area contributed by atoms with Crippen molar-refractivity contribution < 1.29 is 8.80 Å². The van der Waals surface area contributed by atoms with E-state index >= 15 is 0 Å². The van der Waals surface area contributed by atoms with E-state index < -0.39 is 0 Å². The molecule has 1 N–H and O–H groups in total. The first-order chi connectivity index (χ1) is 15.4. The van der Waals surface area contributed by atoms with Crippen molar-refractivity contribution in [2.45, 2.75) is 34.6 Å². The number of rotatable bonds is 5. The van der Waals surface area contributed by atoms with Crippen molar-refractivity contribution in [1.82, 2.24) is 25.4 Å². The molecule has 0 aliphatic carbocycles. The summed E-state index contributed by atoms with van der Waals surface area (Å²) in [5, 5.41) is 15.8. The first-order valence-electron chi connectivity index (χ1n) is 10.4. The monoisotopic (exact) mass is 426 g/mol. The summed E-state index contributed by atoms with van der Waals surface area (Å²) in [5.41, 5.74) is 8.79. The lowest BCUT2D eigenvalue weighted by atomic mass is 9.94. The first-order valence-corrected chi connectivity index (χ1v) is 10.4. The third-order valence-corrected chi connectivity index (χ3v) is 5.37. The van der Waals surface area contributed by atoms with Gasteiger partial charge in [-0.05, 0) is 56.5 Å². The molecule has 4 rings (SSSR count). The Balaban J connectivity index is 1.78. The SMILES string of the molecule is CC1=CC(C)=[N+]([B]F)/C1=C(/c1ccc(/C=C/c2nnc(C)nn2)cc1)c1[nH]c(C)cc1C. The third kappa shape index (κ3) is 4.21. The van der Waals surface area contributed by atoms with E-state index in [0.29, 0.717) is 19.3 Å². The van der Waals surface area contributed by atoms with Gasteiger partial charge < -0.3 is 4.98 Å². The summed E-state index contributed by atoms with van der Waals surface area (Å²) in [5.74, 6) is 0.983. The van der Waals surface area contributed by atoms with Crippen LogP contribution in [0, 0.1) is 20.8 Å². The highest BCUT2D eigenvalue weighted by atomic mass is 19.1. The van der Waals surface area contributed by atoms with Crippen LogP contribution in [0.4, 0.5) is 4.32 Å². The molecule has 3 heterocycles. The predicted octanol–water partition coefficient (Wildman–Crippen LogP) is 4.39. The van der Waals surface area contributed by atoms with Crippen LogP contribution < -0.4 is 0 Å². The molecule has 8 heteroatoms. The molecule has 159 valence electrons. The van der Waals surface area contributed by atoms with E-state index in [2.05, 4.69) is 38.4 Å². The summed E-state index contributed by atoms with van der Waals surface area (Å²) in [6, 6.07) is 10.2. The molecule has 3 aromatic rings. The molecule has 0 bridgehead atoms. The Morgan fingerprint density at radius 3 is 2.25 bits per heavy atom. The van der Waals surface area contributed by atoms with E-state index in [0.717, 1.165) is 50.6 Å². The van der Waals surface area contributed by atoms with E-state index in [4.69, 9.17) is 0 Å². The number of nitrogens with zero attached hydrogens (tertiary/aromatic N) is 5. The highest BCUT2D eigenvalue weighted by molar-refractivity contribution is 6.20.